The van der Waals surface area contributed by atoms with E-state index in [4.69, 9.17) is 13.7 Å². The number of nitrogens with zero attached hydrogens (tertiary/aromatic N) is 1. The summed E-state index contributed by atoms with van der Waals surface area (Å²) >= 11 is 0. The zero-order chi connectivity index (χ0) is 23.1. The molecule has 1 saturated heterocycles. The van der Waals surface area contributed by atoms with Crippen LogP contribution in [-0.2, 0) is 14.3 Å². The normalized spacial score (nSPS) is 17.2. The molecule has 4 rings (SSSR count). The van der Waals surface area contributed by atoms with E-state index < -0.39 is 10.1 Å². The maximum absolute atomic E-state index is 12.4. The number of hydrogen-bond donors (Lipinski definition) is 0. The first-order valence-electron chi connectivity index (χ1n) is 11.4. The molecule has 0 radical (unpaired) electrons. The summed E-state index contributed by atoms with van der Waals surface area (Å²) in [6.07, 6.45) is 2.94. The molecule has 0 amide bonds. The predicted octanol–water partition coefficient (Wildman–Crippen LogP) is 4.73. The maximum atomic E-state index is 12.4. The lowest BCUT2D eigenvalue weighted by Crippen LogP contribution is -2.38. The van der Waals surface area contributed by atoms with Gasteiger partial charge in [-0.15, -0.1) is 0 Å². The lowest BCUT2D eigenvalue weighted by atomic mass is 9.99. The monoisotopic (exact) mass is 469 g/mol. The van der Waals surface area contributed by atoms with Gasteiger partial charge in [-0.3, -0.25) is 4.18 Å². The zero-order valence-corrected chi connectivity index (χ0v) is 19.8. The van der Waals surface area contributed by atoms with Crippen LogP contribution in [0.5, 0.6) is 11.5 Å². The van der Waals surface area contributed by atoms with E-state index in [1.54, 1.807) is 37.4 Å². The number of hydrogen-bond acceptors (Lipinski definition) is 6. The van der Waals surface area contributed by atoms with Crippen molar-refractivity contribution in [2.45, 2.75) is 24.2 Å². The smallest absolute Gasteiger partial charge is 0.296 e. The number of benzene rings is 3. The Morgan fingerprint density at radius 1 is 1.03 bits per heavy atom. The summed E-state index contributed by atoms with van der Waals surface area (Å²) in [6.45, 7) is 3.64. The van der Waals surface area contributed by atoms with Gasteiger partial charge < -0.3 is 14.4 Å². The van der Waals surface area contributed by atoms with E-state index in [0.29, 0.717) is 6.61 Å². The molecule has 0 N–H and O–H groups in total. The minimum absolute atomic E-state index is 0.210. The van der Waals surface area contributed by atoms with Crippen LogP contribution in [0, 0.1) is 5.92 Å². The summed E-state index contributed by atoms with van der Waals surface area (Å²) in [5.74, 6) is 1.93. The molecule has 7 heteroatoms. The van der Waals surface area contributed by atoms with Crippen molar-refractivity contribution in [1.82, 2.24) is 4.90 Å². The van der Waals surface area contributed by atoms with Crippen molar-refractivity contribution in [2.24, 2.45) is 5.92 Å². The van der Waals surface area contributed by atoms with Gasteiger partial charge >= 0.3 is 0 Å². The Morgan fingerprint density at radius 3 is 2.70 bits per heavy atom. The van der Waals surface area contributed by atoms with Crippen molar-refractivity contribution >= 4 is 20.9 Å². The number of methoxy groups -OCH3 is 1. The van der Waals surface area contributed by atoms with Crippen LogP contribution < -0.4 is 9.47 Å². The van der Waals surface area contributed by atoms with Gasteiger partial charge in [0, 0.05) is 18.5 Å². The molecule has 33 heavy (non-hydrogen) atoms. The first-order valence-corrected chi connectivity index (χ1v) is 12.8. The van der Waals surface area contributed by atoms with Crippen molar-refractivity contribution in [3.05, 3.63) is 66.7 Å². The summed E-state index contributed by atoms with van der Waals surface area (Å²) in [5, 5.41) is 2.17. The highest BCUT2D eigenvalue weighted by atomic mass is 32.2. The third-order valence-electron chi connectivity index (χ3n) is 6.02. The van der Waals surface area contributed by atoms with E-state index >= 15 is 0 Å². The van der Waals surface area contributed by atoms with E-state index in [0.717, 1.165) is 61.2 Å². The van der Waals surface area contributed by atoms with Crippen LogP contribution in [0.4, 0.5) is 0 Å². The third-order valence-corrected chi connectivity index (χ3v) is 7.31. The average Bonchev–Trinajstić information content (AvgIpc) is 2.86. The van der Waals surface area contributed by atoms with Gasteiger partial charge in [0.15, 0.2) is 0 Å². The van der Waals surface area contributed by atoms with Gasteiger partial charge in [0.05, 0.1) is 25.2 Å². The third kappa shape index (κ3) is 6.25. The molecule has 3 aromatic carbocycles. The van der Waals surface area contributed by atoms with Crippen LogP contribution >= 0.6 is 0 Å². The average molecular weight is 470 g/mol. The van der Waals surface area contributed by atoms with Gasteiger partial charge in [-0.25, -0.2) is 0 Å². The summed E-state index contributed by atoms with van der Waals surface area (Å²) < 4.78 is 41.5. The van der Waals surface area contributed by atoms with Crippen molar-refractivity contribution in [3.63, 3.8) is 0 Å². The predicted molar refractivity (Wildman–Crippen MR) is 129 cm³/mol. The van der Waals surface area contributed by atoms with Crippen molar-refractivity contribution in [1.29, 1.82) is 0 Å². The molecule has 1 aliphatic rings. The molecule has 3 aromatic rings. The first-order chi connectivity index (χ1) is 16.0. The molecule has 0 aliphatic carbocycles. The van der Waals surface area contributed by atoms with E-state index in [9.17, 15) is 8.42 Å². The topological polar surface area (TPSA) is 65.1 Å². The van der Waals surface area contributed by atoms with Gasteiger partial charge in [-0.2, -0.15) is 8.42 Å². The summed E-state index contributed by atoms with van der Waals surface area (Å²) in [7, 11) is -2.03. The molecule has 6 nitrogen and oxygen atoms in total. The van der Waals surface area contributed by atoms with Crippen LogP contribution in [0.25, 0.3) is 10.8 Å². The second-order valence-electron chi connectivity index (χ2n) is 8.41. The molecular formula is C26H31NO5S. The molecule has 0 spiro atoms. The van der Waals surface area contributed by atoms with Crippen LogP contribution in [0.3, 0.4) is 0 Å². The van der Waals surface area contributed by atoms with Crippen LogP contribution in [0.2, 0.25) is 0 Å². The zero-order valence-electron chi connectivity index (χ0n) is 19.0. The van der Waals surface area contributed by atoms with Gasteiger partial charge in [0.1, 0.15) is 11.5 Å². The molecule has 1 aliphatic heterocycles. The lowest BCUT2D eigenvalue weighted by molar-refractivity contribution is 0.126. The highest BCUT2D eigenvalue weighted by molar-refractivity contribution is 7.86. The van der Waals surface area contributed by atoms with E-state index in [1.807, 2.05) is 30.3 Å². The lowest BCUT2D eigenvalue weighted by Gasteiger charge is -2.32. The van der Waals surface area contributed by atoms with Gasteiger partial charge in [-0.1, -0.05) is 30.3 Å². The largest absolute Gasteiger partial charge is 0.497 e. The van der Waals surface area contributed by atoms with Gasteiger partial charge in [0.25, 0.3) is 10.1 Å². The number of piperidine rings is 1. The van der Waals surface area contributed by atoms with Crippen LogP contribution in [0.1, 0.15) is 19.3 Å². The molecule has 1 heterocycles. The number of likely N-dealkylation sites (tertiary alicyclic amines) is 1. The summed E-state index contributed by atoms with van der Waals surface area (Å²) in [6, 6.07) is 20.4. The van der Waals surface area contributed by atoms with E-state index in [2.05, 4.69) is 11.0 Å². The highest BCUT2D eigenvalue weighted by Gasteiger charge is 2.23. The number of fused-ring (bicyclic) bond motifs is 1. The van der Waals surface area contributed by atoms with Crippen LogP contribution in [0.15, 0.2) is 71.6 Å². The minimum atomic E-state index is -3.70. The SMILES string of the molecule is COc1ccc2c(OCCCN3CCCC(COS(=O)(=O)c4ccccc4)C3)cccc2c1. The van der Waals surface area contributed by atoms with Crippen molar-refractivity contribution in [3.8, 4) is 11.5 Å². The Kier molecular flexibility index (Phi) is 7.85. The fraction of sp³-hybridized carbons (Fsp3) is 0.385. The Hall–Kier alpha value is -2.61. The fourth-order valence-corrected chi connectivity index (χ4v) is 5.28. The molecule has 1 unspecified atom stereocenters. The van der Waals surface area contributed by atoms with E-state index in [-0.39, 0.29) is 17.4 Å². The Balaban J connectivity index is 1.23. The van der Waals surface area contributed by atoms with Crippen molar-refractivity contribution < 1.29 is 22.1 Å². The quantitative estimate of drug-likeness (QED) is 0.316. The van der Waals surface area contributed by atoms with Crippen LogP contribution in [-0.4, -0.2) is 53.3 Å². The van der Waals surface area contributed by atoms with E-state index in [1.165, 1.54) is 0 Å². The summed E-state index contributed by atoms with van der Waals surface area (Å²) in [4.78, 5) is 2.59. The molecule has 0 aromatic heterocycles. The highest BCUT2D eigenvalue weighted by Crippen LogP contribution is 2.29. The number of rotatable bonds is 10. The molecule has 1 fully saturated rings. The standard InChI is InChI=1S/C26H31NO5S/c1-30-23-13-14-25-22(18-23)9-5-12-26(25)31-17-7-16-27-15-6-8-21(19-27)20-32-33(28,29)24-10-3-2-4-11-24/h2-5,9-14,18,21H,6-8,15-17,19-20H2,1H3. The number of ether oxygens (including phenoxy) is 2. The second-order valence-corrected chi connectivity index (χ2v) is 10.0. The molecule has 1 atom stereocenters. The maximum Gasteiger partial charge on any atom is 0.296 e. The molecule has 176 valence electrons. The minimum Gasteiger partial charge on any atom is -0.497 e. The summed E-state index contributed by atoms with van der Waals surface area (Å²) in [5.41, 5.74) is 0. The fourth-order valence-electron chi connectivity index (χ4n) is 4.29. The van der Waals surface area contributed by atoms with Gasteiger partial charge in [-0.05, 0) is 73.5 Å². The Bertz CT molecular complexity index is 1150. The second kappa shape index (κ2) is 11.0. The molecule has 0 bridgehead atoms. The Labute approximate surface area is 196 Å². The van der Waals surface area contributed by atoms with Crippen molar-refractivity contribution in [2.75, 3.05) is 40.0 Å². The Morgan fingerprint density at radius 2 is 1.88 bits per heavy atom. The molecule has 0 saturated carbocycles. The molecular weight excluding hydrogens is 438 g/mol. The first kappa shape index (κ1) is 23.5. The van der Waals surface area contributed by atoms with Gasteiger partial charge in [0.2, 0.25) is 0 Å².